The van der Waals surface area contributed by atoms with Crippen LogP contribution in [0.15, 0.2) is 35.2 Å². The third-order valence-corrected chi connectivity index (χ3v) is 3.55. The van der Waals surface area contributed by atoms with E-state index >= 15 is 0 Å². The first kappa shape index (κ1) is 11.3. The Morgan fingerprint density at radius 2 is 1.86 bits per heavy atom. The zero-order valence-electron chi connectivity index (χ0n) is 7.04. The SMILES string of the molecule is O=S([O-])NCS(=O)(=O)c1ccccc1. The van der Waals surface area contributed by atoms with Crippen molar-refractivity contribution in [3.63, 3.8) is 0 Å². The molecule has 0 bridgehead atoms. The van der Waals surface area contributed by atoms with E-state index in [2.05, 4.69) is 0 Å². The summed E-state index contributed by atoms with van der Waals surface area (Å²) in [6, 6.07) is 7.63. The number of sulfone groups is 1. The Hall–Kier alpha value is -0.760. The third-order valence-electron chi connectivity index (χ3n) is 1.47. The molecule has 0 aliphatic heterocycles. The Morgan fingerprint density at radius 3 is 2.36 bits per heavy atom. The lowest BCUT2D eigenvalue weighted by Crippen LogP contribution is -2.24. The Morgan fingerprint density at radius 1 is 1.29 bits per heavy atom. The maximum absolute atomic E-state index is 11.4. The number of nitrogens with one attached hydrogen (secondary N) is 1. The maximum atomic E-state index is 11.4. The van der Waals surface area contributed by atoms with E-state index in [0.717, 1.165) is 0 Å². The van der Waals surface area contributed by atoms with Crippen LogP contribution in [-0.2, 0) is 21.1 Å². The van der Waals surface area contributed by atoms with E-state index < -0.39 is 27.0 Å². The summed E-state index contributed by atoms with van der Waals surface area (Å²) >= 11 is -2.56. The van der Waals surface area contributed by atoms with Gasteiger partial charge in [-0.05, 0) is 12.1 Å². The molecule has 1 aromatic rings. The van der Waals surface area contributed by atoms with Crippen LogP contribution in [0, 0.1) is 0 Å². The van der Waals surface area contributed by atoms with E-state index in [1.165, 1.54) is 12.1 Å². The second-order valence-electron chi connectivity index (χ2n) is 2.45. The monoisotopic (exact) mass is 234 g/mol. The molecule has 1 unspecified atom stereocenters. The molecule has 1 rings (SSSR count). The third kappa shape index (κ3) is 3.18. The lowest BCUT2D eigenvalue weighted by Gasteiger charge is -2.07. The minimum Gasteiger partial charge on any atom is -0.760 e. The van der Waals surface area contributed by atoms with Crippen molar-refractivity contribution in [2.45, 2.75) is 4.90 Å². The van der Waals surface area contributed by atoms with Crippen LogP contribution in [-0.4, -0.2) is 23.1 Å². The molecule has 0 saturated heterocycles. The van der Waals surface area contributed by atoms with E-state index in [9.17, 15) is 17.2 Å². The molecule has 0 spiro atoms. The van der Waals surface area contributed by atoms with Crippen molar-refractivity contribution < 1.29 is 17.2 Å². The summed E-state index contributed by atoms with van der Waals surface area (Å²) in [4.78, 5) is 0.0953. The van der Waals surface area contributed by atoms with Crippen LogP contribution >= 0.6 is 0 Å². The first-order valence-corrected chi connectivity index (χ1v) is 6.36. The summed E-state index contributed by atoms with van der Waals surface area (Å²) in [5, 5.41) is 0. The first-order chi connectivity index (χ1) is 6.52. The fraction of sp³-hybridized carbons (Fsp3) is 0.143. The predicted octanol–water partition coefficient (Wildman–Crippen LogP) is -0.199. The zero-order valence-corrected chi connectivity index (χ0v) is 8.68. The van der Waals surface area contributed by atoms with Gasteiger partial charge >= 0.3 is 0 Å². The standard InChI is InChI=1S/C7H9NO4S2/c9-13(10)8-6-14(11,12)7-4-2-1-3-5-7/h1-5,8H,6H2,(H,9,10)/p-1. The molecule has 1 aromatic carbocycles. The summed E-state index contributed by atoms with van der Waals surface area (Å²) in [7, 11) is -3.56. The molecule has 78 valence electrons. The molecule has 1 atom stereocenters. The minimum atomic E-state index is -3.56. The highest BCUT2D eigenvalue weighted by molar-refractivity contribution is 7.92. The van der Waals surface area contributed by atoms with Crippen molar-refractivity contribution in [1.29, 1.82) is 0 Å². The number of hydrogen-bond acceptors (Lipinski definition) is 4. The molecule has 14 heavy (non-hydrogen) atoms. The van der Waals surface area contributed by atoms with Crippen molar-refractivity contribution in [2.75, 3.05) is 5.88 Å². The molecule has 0 aromatic heterocycles. The average molecular weight is 234 g/mol. The second-order valence-corrected chi connectivity index (χ2v) is 5.20. The van der Waals surface area contributed by atoms with E-state index in [-0.39, 0.29) is 4.90 Å². The van der Waals surface area contributed by atoms with Gasteiger partial charge in [0.1, 0.15) is 5.88 Å². The molecular formula is C7H8NO4S2-. The van der Waals surface area contributed by atoms with Crippen LogP contribution in [0.3, 0.4) is 0 Å². The van der Waals surface area contributed by atoms with E-state index in [0.29, 0.717) is 0 Å². The van der Waals surface area contributed by atoms with Crippen molar-refractivity contribution in [3.8, 4) is 0 Å². The van der Waals surface area contributed by atoms with Crippen molar-refractivity contribution in [3.05, 3.63) is 30.3 Å². The molecule has 0 radical (unpaired) electrons. The Bertz CT molecular complexity index is 415. The van der Waals surface area contributed by atoms with Gasteiger partial charge in [-0.3, -0.25) is 4.21 Å². The van der Waals surface area contributed by atoms with Crippen LogP contribution in [0.2, 0.25) is 0 Å². The fourth-order valence-corrected chi connectivity index (χ4v) is 2.58. The van der Waals surface area contributed by atoms with Crippen LogP contribution < -0.4 is 4.72 Å². The highest BCUT2D eigenvalue weighted by Gasteiger charge is 2.12. The van der Waals surface area contributed by atoms with Gasteiger partial charge in [0.15, 0.2) is 9.84 Å². The predicted molar refractivity (Wildman–Crippen MR) is 50.6 cm³/mol. The topological polar surface area (TPSA) is 86.3 Å². The quantitative estimate of drug-likeness (QED) is 0.731. The van der Waals surface area contributed by atoms with Crippen LogP contribution in [0.5, 0.6) is 0 Å². The van der Waals surface area contributed by atoms with Gasteiger partial charge in [-0.25, -0.2) is 13.1 Å². The summed E-state index contributed by atoms with van der Waals surface area (Å²) < 4.78 is 44.8. The van der Waals surface area contributed by atoms with Gasteiger partial charge in [0, 0.05) is 11.3 Å². The van der Waals surface area contributed by atoms with Crippen LogP contribution in [0.4, 0.5) is 0 Å². The summed E-state index contributed by atoms with van der Waals surface area (Å²) in [5.41, 5.74) is 0. The average Bonchev–Trinajstić information content (AvgIpc) is 2.16. The summed E-state index contributed by atoms with van der Waals surface area (Å²) in [6.07, 6.45) is 0. The van der Waals surface area contributed by atoms with Crippen molar-refractivity contribution in [1.82, 2.24) is 4.72 Å². The molecule has 1 N–H and O–H groups in total. The van der Waals surface area contributed by atoms with E-state index in [4.69, 9.17) is 0 Å². The normalized spacial score (nSPS) is 13.8. The number of hydrogen-bond donors (Lipinski definition) is 1. The lowest BCUT2D eigenvalue weighted by molar-refractivity contribution is 0.525. The van der Waals surface area contributed by atoms with E-state index in [1.54, 1.807) is 18.2 Å². The van der Waals surface area contributed by atoms with Gasteiger partial charge in [-0.2, -0.15) is 0 Å². The maximum Gasteiger partial charge on any atom is 0.192 e. The molecule has 0 aliphatic rings. The van der Waals surface area contributed by atoms with Crippen LogP contribution in [0.1, 0.15) is 0 Å². The molecule has 0 aliphatic carbocycles. The first-order valence-electron chi connectivity index (χ1n) is 3.63. The largest absolute Gasteiger partial charge is 0.760 e. The Kier molecular flexibility index (Phi) is 3.76. The molecule has 0 fully saturated rings. The van der Waals surface area contributed by atoms with Gasteiger partial charge in [0.05, 0.1) is 4.90 Å². The minimum absolute atomic E-state index is 0.0953. The molecule has 0 saturated carbocycles. The zero-order chi connectivity index (χ0) is 10.6. The lowest BCUT2D eigenvalue weighted by atomic mass is 10.4. The van der Waals surface area contributed by atoms with Gasteiger partial charge < -0.3 is 4.55 Å². The highest BCUT2D eigenvalue weighted by Crippen LogP contribution is 2.08. The van der Waals surface area contributed by atoms with Gasteiger partial charge in [0.2, 0.25) is 0 Å². The fourth-order valence-electron chi connectivity index (χ4n) is 0.837. The van der Waals surface area contributed by atoms with Crippen LogP contribution in [0.25, 0.3) is 0 Å². The number of rotatable bonds is 4. The van der Waals surface area contributed by atoms with Gasteiger partial charge in [0.25, 0.3) is 0 Å². The number of benzene rings is 1. The van der Waals surface area contributed by atoms with Gasteiger partial charge in [-0.1, -0.05) is 18.2 Å². The summed E-state index contributed by atoms with van der Waals surface area (Å²) in [6.45, 7) is 0. The molecular weight excluding hydrogens is 226 g/mol. The molecule has 0 amide bonds. The molecule has 0 heterocycles. The highest BCUT2D eigenvalue weighted by atomic mass is 32.2. The summed E-state index contributed by atoms with van der Waals surface area (Å²) in [5.74, 6) is -0.618. The Balaban J connectivity index is 2.82. The van der Waals surface area contributed by atoms with Gasteiger partial charge in [-0.15, -0.1) is 0 Å². The molecule has 5 nitrogen and oxygen atoms in total. The second kappa shape index (κ2) is 4.65. The van der Waals surface area contributed by atoms with Crippen molar-refractivity contribution >= 4 is 21.1 Å². The Labute approximate surface area is 84.5 Å². The smallest absolute Gasteiger partial charge is 0.192 e. The molecule has 7 heteroatoms. The van der Waals surface area contributed by atoms with E-state index in [1.807, 2.05) is 4.72 Å². The van der Waals surface area contributed by atoms with Crippen molar-refractivity contribution in [2.24, 2.45) is 0 Å².